The van der Waals surface area contributed by atoms with E-state index in [0.717, 1.165) is 11.3 Å². The fraction of sp³-hybridized carbons (Fsp3) is 0.0769. The number of halogens is 3. The normalized spacial score (nSPS) is 11.2. The zero-order valence-corrected chi connectivity index (χ0v) is 10.8. The van der Waals surface area contributed by atoms with Gasteiger partial charge in [-0.3, -0.25) is 4.40 Å². The Bertz CT molecular complexity index is 743. The van der Waals surface area contributed by atoms with Gasteiger partial charge in [-0.15, -0.1) is 0 Å². The number of nitrogens with zero attached hydrogens (tertiary/aromatic N) is 3. The van der Waals surface area contributed by atoms with Gasteiger partial charge < -0.3 is 4.74 Å². The first-order chi connectivity index (χ1) is 9.65. The molecule has 3 rings (SSSR count). The van der Waals surface area contributed by atoms with E-state index in [-0.39, 0.29) is 5.75 Å². The smallest absolute Gasteiger partial charge is 0.387 e. The maximum atomic E-state index is 12.1. The summed E-state index contributed by atoms with van der Waals surface area (Å²) < 4.78 is 30.3. The second-order valence-electron chi connectivity index (χ2n) is 3.96. The maximum Gasteiger partial charge on any atom is 0.387 e. The van der Waals surface area contributed by atoms with Crippen LogP contribution >= 0.6 is 11.6 Å². The first-order valence-electron chi connectivity index (χ1n) is 5.68. The molecule has 2 heterocycles. The van der Waals surface area contributed by atoms with E-state index < -0.39 is 6.61 Å². The van der Waals surface area contributed by atoms with E-state index in [9.17, 15) is 8.78 Å². The van der Waals surface area contributed by atoms with E-state index in [1.54, 1.807) is 35.1 Å². The van der Waals surface area contributed by atoms with Crippen LogP contribution in [0.4, 0.5) is 8.78 Å². The van der Waals surface area contributed by atoms with Crippen LogP contribution in [0.25, 0.3) is 16.9 Å². The highest BCUT2D eigenvalue weighted by Crippen LogP contribution is 2.25. The number of fused-ring (bicyclic) bond motifs is 1. The molecular formula is C13H8ClF2N3O. The Kier molecular flexibility index (Phi) is 3.23. The highest BCUT2D eigenvalue weighted by Gasteiger charge is 2.09. The highest BCUT2D eigenvalue weighted by molar-refractivity contribution is 6.32. The lowest BCUT2D eigenvalue weighted by molar-refractivity contribution is -0.0498. The molecule has 0 aliphatic heterocycles. The summed E-state index contributed by atoms with van der Waals surface area (Å²) in [6, 6.07) is 6.30. The van der Waals surface area contributed by atoms with E-state index in [1.807, 2.05) is 0 Å². The van der Waals surface area contributed by atoms with Crippen LogP contribution in [0.3, 0.4) is 0 Å². The minimum Gasteiger partial charge on any atom is -0.435 e. The highest BCUT2D eigenvalue weighted by atomic mass is 35.5. The van der Waals surface area contributed by atoms with Crippen molar-refractivity contribution in [3.63, 3.8) is 0 Å². The molecule has 0 fully saturated rings. The average molecular weight is 296 g/mol. The molecule has 0 atom stereocenters. The molecule has 0 bridgehead atoms. The SMILES string of the molecule is FC(F)Oc1ccc(-c2cnc3c(Cl)nccn23)cc1. The van der Waals surface area contributed by atoms with Crippen molar-refractivity contribution in [1.29, 1.82) is 0 Å². The Morgan fingerprint density at radius 2 is 1.90 bits per heavy atom. The molecule has 4 nitrogen and oxygen atoms in total. The molecule has 0 radical (unpaired) electrons. The molecule has 0 amide bonds. The number of alkyl halides is 2. The Morgan fingerprint density at radius 3 is 2.60 bits per heavy atom. The number of aromatic nitrogens is 3. The largest absolute Gasteiger partial charge is 0.435 e. The third-order valence-electron chi connectivity index (χ3n) is 2.76. The van der Waals surface area contributed by atoms with Crippen molar-refractivity contribution in [2.75, 3.05) is 0 Å². The van der Waals surface area contributed by atoms with Gasteiger partial charge in [0.05, 0.1) is 11.9 Å². The van der Waals surface area contributed by atoms with Gasteiger partial charge in [-0.2, -0.15) is 8.78 Å². The van der Waals surface area contributed by atoms with Crippen LogP contribution in [0.1, 0.15) is 0 Å². The van der Waals surface area contributed by atoms with E-state index in [0.29, 0.717) is 10.8 Å². The number of hydrogen-bond donors (Lipinski definition) is 0. The van der Waals surface area contributed by atoms with Crippen LogP contribution in [0.15, 0.2) is 42.9 Å². The molecule has 1 aromatic carbocycles. The summed E-state index contributed by atoms with van der Waals surface area (Å²) in [7, 11) is 0. The molecule has 0 spiro atoms. The molecule has 0 aliphatic carbocycles. The van der Waals surface area contributed by atoms with Crippen LogP contribution in [-0.2, 0) is 0 Å². The molecule has 102 valence electrons. The van der Waals surface area contributed by atoms with Crippen LogP contribution in [0.2, 0.25) is 5.15 Å². The fourth-order valence-electron chi connectivity index (χ4n) is 1.91. The lowest BCUT2D eigenvalue weighted by Crippen LogP contribution is -2.01. The van der Waals surface area contributed by atoms with Crippen LogP contribution in [-0.4, -0.2) is 21.0 Å². The predicted octanol–water partition coefficient (Wildman–Crippen LogP) is 3.65. The van der Waals surface area contributed by atoms with Crippen LogP contribution in [0, 0.1) is 0 Å². The third kappa shape index (κ3) is 2.30. The lowest BCUT2D eigenvalue weighted by atomic mass is 10.1. The van der Waals surface area contributed by atoms with Gasteiger partial charge >= 0.3 is 6.61 Å². The van der Waals surface area contributed by atoms with Gasteiger partial charge in [0, 0.05) is 18.0 Å². The summed E-state index contributed by atoms with van der Waals surface area (Å²) in [5, 5.41) is 0.302. The van der Waals surface area contributed by atoms with Crippen molar-refractivity contribution in [3.05, 3.63) is 48.0 Å². The Hall–Kier alpha value is -2.21. The summed E-state index contributed by atoms with van der Waals surface area (Å²) in [6.07, 6.45) is 4.94. The van der Waals surface area contributed by atoms with Crippen molar-refractivity contribution >= 4 is 17.2 Å². The van der Waals surface area contributed by atoms with Crippen molar-refractivity contribution < 1.29 is 13.5 Å². The number of rotatable bonds is 3. The van der Waals surface area contributed by atoms with Gasteiger partial charge in [-0.05, 0) is 24.3 Å². The first kappa shape index (κ1) is 12.8. The minimum absolute atomic E-state index is 0.109. The van der Waals surface area contributed by atoms with Gasteiger partial charge in [-0.1, -0.05) is 11.6 Å². The summed E-state index contributed by atoms with van der Waals surface area (Å²) in [6.45, 7) is -2.83. The van der Waals surface area contributed by atoms with Crippen molar-refractivity contribution in [2.45, 2.75) is 6.61 Å². The van der Waals surface area contributed by atoms with Crippen LogP contribution < -0.4 is 4.74 Å². The van der Waals surface area contributed by atoms with E-state index in [2.05, 4.69) is 14.7 Å². The van der Waals surface area contributed by atoms with Gasteiger partial charge in [0.25, 0.3) is 0 Å². The second-order valence-corrected chi connectivity index (χ2v) is 4.32. The predicted molar refractivity (Wildman–Crippen MR) is 70.1 cm³/mol. The summed E-state index contributed by atoms with van der Waals surface area (Å²) in [5.74, 6) is 0.109. The second kappa shape index (κ2) is 5.05. The molecule has 7 heteroatoms. The molecule has 0 unspecified atom stereocenters. The zero-order chi connectivity index (χ0) is 14.1. The molecule has 3 aromatic rings. The fourth-order valence-corrected chi connectivity index (χ4v) is 2.10. The van der Waals surface area contributed by atoms with Gasteiger partial charge in [0.15, 0.2) is 10.8 Å². The first-order valence-corrected chi connectivity index (χ1v) is 6.06. The van der Waals surface area contributed by atoms with Crippen molar-refractivity contribution in [3.8, 4) is 17.0 Å². The third-order valence-corrected chi connectivity index (χ3v) is 3.03. The van der Waals surface area contributed by atoms with Gasteiger partial charge in [0.1, 0.15) is 5.75 Å². The number of hydrogen-bond acceptors (Lipinski definition) is 3. The lowest BCUT2D eigenvalue weighted by Gasteiger charge is -2.06. The number of imidazole rings is 1. The number of ether oxygens (including phenoxy) is 1. The quantitative estimate of drug-likeness (QED) is 0.740. The molecule has 0 N–H and O–H groups in total. The van der Waals surface area contributed by atoms with E-state index >= 15 is 0 Å². The van der Waals surface area contributed by atoms with Crippen molar-refractivity contribution in [2.24, 2.45) is 0 Å². The van der Waals surface area contributed by atoms with Crippen molar-refractivity contribution in [1.82, 2.24) is 14.4 Å². The molecular weight excluding hydrogens is 288 g/mol. The topological polar surface area (TPSA) is 39.4 Å². The molecule has 20 heavy (non-hydrogen) atoms. The standard InChI is InChI=1S/C13H8ClF2N3O/c14-11-12-18-7-10(19(12)6-5-17-11)8-1-3-9(4-2-8)20-13(15)16/h1-7,13H. The monoisotopic (exact) mass is 295 g/mol. The van der Waals surface area contributed by atoms with E-state index in [1.165, 1.54) is 12.1 Å². The van der Waals surface area contributed by atoms with Gasteiger partial charge in [0.2, 0.25) is 0 Å². The zero-order valence-electron chi connectivity index (χ0n) is 10.0. The van der Waals surface area contributed by atoms with Crippen LogP contribution in [0.5, 0.6) is 5.75 Å². The Morgan fingerprint density at radius 1 is 1.15 bits per heavy atom. The summed E-state index contributed by atoms with van der Waals surface area (Å²) >= 11 is 5.94. The van der Waals surface area contributed by atoms with E-state index in [4.69, 9.17) is 11.6 Å². The van der Waals surface area contributed by atoms with Gasteiger partial charge in [-0.25, -0.2) is 9.97 Å². The Labute approximate surface area is 117 Å². The molecule has 0 aliphatic rings. The summed E-state index contributed by atoms with van der Waals surface area (Å²) in [4.78, 5) is 8.12. The number of benzene rings is 1. The summed E-state index contributed by atoms with van der Waals surface area (Å²) in [5.41, 5.74) is 2.13. The molecule has 0 saturated heterocycles. The molecule has 0 saturated carbocycles. The minimum atomic E-state index is -2.83. The molecule has 2 aromatic heterocycles. The maximum absolute atomic E-state index is 12.1. The Balaban J connectivity index is 2.01. The average Bonchev–Trinajstić information content (AvgIpc) is 2.84.